The summed E-state index contributed by atoms with van der Waals surface area (Å²) in [5, 5.41) is 18.8. The van der Waals surface area contributed by atoms with Gasteiger partial charge in [0.05, 0.1) is 18.6 Å². The number of benzene rings is 3. The van der Waals surface area contributed by atoms with Crippen LogP contribution in [0.25, 0.3) is 17.2 Å². The van der Waals surface area contributed by atoms with E-state index in [0.29, 0.717) is 17.8 Å². The van der Waals surface area contributed by atoms with Crippen LogP contribution in [0.15, 0.2) is 78.9 Å². The van der Waals surface area contributed by atoms with Crippen LogP contribution in [-0.4, -0.2) is 42.8 Å². The summed E-state index contributed by atoms with van der Waals surface area (Å²) >= 11 is 0. The minimum atomic E-state index is -1.04. The lowest BCUT2D eigenvalue weighted by Gasteiger charge is -2.31. The number of hydrogen-bond donors (Lipinski definition) is 2. The molecular formula is C29H32N2O4. The van der Waals surface area contributed by atoms with Gasteiger partial charge in [-0.3, -0.25) is 4.79 Å². The van der Waals surface area contributed by atoms with Crippen LogP contribution in [0.3, 0.4) is 0 Å². The van der Waals surface area contributed by atoms with E-state index in [-0.39, 0.29) is 12.5 Å². The summed E-state index contributed by atoms with van der Waals surface area (Å²) in [7, 11) is 4.01. The van der Waals surface area contributed by atoms with Crippen LogP contribution in [-0.2, 0) is 16.1 Å². The van der Waals surface area contributed by atoms with Gasteiger partial charge in [0, 0.05) is 31.5 Å². The van der Waals surface area contributed by atoms with E-state index in [2.05, 4.69) is 29.2 Å². The SMILES string of the molecule is CN(C)c1ccc(-c2ccc(CN(C(=O)C(C)(C)CO)c3cccc(C=CC(=O)O)c3)cc2)cc1. The Bertz CT molecular complexity index is 1200. The highest BCUT2D eigenvalue weighted by molar-refractivity contribution is 5.97. The van der Waals surface area contributed by atoms with Crippen LogP contribution in [0.2, 0.25) is 0 Å². The second kappa shape index (κ2) is 11.0. The van der Waals surface area contributed by atoms with Crippen LogP contribution in [0.4, 0.5) is 11.4 Å². The third-order valence-electron chi connectivity index (χ3n) is 5.83. The number of amides is 1. The quantitative estimate of drug-likeness (QED) is 0.425. The number of carbonyl (C=O) groups is 2. The number of aliphatic hydroxyl groups excluding tert-OH is 1. The summed E-state index contributed by atoms with van der Waals surface area (Å²) in [6.07, 6.45) is 2.55. The Labute approximate surface area is 206 Å². The van der Waals surface area contributed by atoms with E-state index in [4.69, 9.17) is 5.11 Å². The smallest absolute Gasteiger partial charge is 0.328 e. The summed E-state index contributed by atoms with van der Waals surface area (Å²) in [6.45, 7) is 3.44. The van der Waals surface area contributed by atoms with Crippen molar-refractivity contribution in [1.82, 2.24) is 0 Å². The molecule has 0 bridgehead atoms. The topological polar surface area (TPSA) is 81.1 Å². The molecule has 0 unspecified atom stereocenters. The van der Waals surface area contributed by atoms with Gasteiger partial charge in [0.15, 0.2) is 0 Å². The van der Waals surface area contributed by atoms with E-state index in [1.54, 1.807) is 36.9 Å². The van der Waals surface area contributed by atoms with E-state index in [9.17, 15) is 14.7 Å². The van der Waals surface area contributed by atoms with Crippen molar-refractivity contribution in [3.63, 3.8) is 0 Å². The van der Waals surface area contributed by atoms with E-state index in [1.807, 2.05) is 44.4 Å². The molecular weight excluding hydrogens is 440 g/mol. The summed E-state index contributed by atoms with van der Waals surface area (Å²) in [5.41, 5.74) is 4.58. The van der Waals surface area contributed by atoms with Crippen molar-refractivity contribution in [2.24, 2.45) is 5.41 Å². The average Bonchev–Trinajstić information content (AvgIpc) is 2.86. The van der Waals surface area contributed by atoms with Crippen molar-refractivity contribution < 1.29 is 19.8 Å². The summed E-state index contributed by atoms with van der Waals surface area (Å²) < 4.78 is 0. The predicted octanol–water partition coefficient (Wildman–Crippen LogP) is 5.07. The van der Waals surface area contributed by atoms with Crippen molar-refractivity contribution in [2.45, 2.75) is 20.4 Å². The number of carboxylic acids is 1. The molecule has 0 radical (unpaired) electrons. The Morgan fingerprint density at radius 2 is 1.49 bits per heavy atom. The molecule has 0 heterocycles. The highest BCUT2D eigenvalue weighted by Crippen LogP contribution is 2.28. The largest absolute Gasteiger partial charge is 0.478 e. The molecule has 35 heavy (non-hydrogen) atoms. The molecule has 0 aliphatic heterocycles. The number of hydrogen-bond acceptors (Lipinski definition) is 4. The number of rotatable bonds is 9. The lowest BCUT2D eigenvalue weighted by atomic mass is 9.92. The highest BCUT2D eigenvalue weighted by atomic mass is 16.4. The first kappa shape index (κ1) is 25.7. The maximum atomic E-state index is 13.4. The van der Waals surface area contributed by atoms with Gasteiger partial charge in [-0.2, -0.15) is 0 Å². The third-order valence-corrected chi connectivity index (χ3v) is 5.83. The van der Waals surface area contributed by atoms with E-state index in [0.717, 1.165) is 28.5 Å². The van der Waals surface area contributed by atoms with E-state index in [1.165, 1.54) is 6.08 Å². The van der Waals surface area contributed by atoms with Gasteiger partial charge in [0.1, 0.15) is 0 Å². The summed E-state index contributed by atoms with van der Waals surface area (Å²) in [6, 6.07) is 23.5. The molecule has 0 aromatic heterocycles. The number of carbonyl (C=O) groups excluding carboxylic acids is 1. The zero-order valence-electron chi connectivity index (χ0n) is 20.6. The highest BCUT2D eigenvalue weighted by Gasteiger charge is 2.32. The minimum Gasteiger partial charge on any atom is -0.478 e. The van der Waals surface area contributed by atoms with Crippen LogP contribution in [0.1, 0.15) is 25.0 Å². The van der Waals surface area contributed by atoms with Gasteiger partial charge in [0.2, 0.25) is 5.91 Å². The van der Waals surface area contributed by atoms with Gasteiger partial charge < -0.3 is 20.0 Å². The Morgan fingerprint density at radius 3 is 2.03 bits per heavy atom. The molecule has 0 saturated heterocycles. The Hall–Kier alpha value is -3.90. The van der Waals surface area contributed by atoms with E-state index >= 15 is 0 Å². The van der Waals surface area contributed by atoms with Crippen LogP contribution in [0, 0.1) is 5.41 Å². The van der Waals surface area contributed by atoms with Crippen molar-refractivity contribution in [3.05, 3.63) is 90.0 Å². The fraction of sp³-hybridized carbons (Fsp3) is 0.241. The number of aliphatic hydroxyl groups is 1. The summed E-state index contributed by atoms with van der Waals surface area (Å²) in [4.78, 5) is 28.0. The van der Waals surface area contributed by atoms with Gasteiger partial charge in [-0.25, -0.2) is 4.79 Å². The third kappa shape index (κ3) is 6.58. The molecule has 1 amide bonds. The maximum absolute atomic E-state index is 13.4. The molecule has 2 N–H and O–H groups in total. The molecule has 6 nitrogen and oxygen atoms in total. The second-order valence-electron chi connectivity index (χ2n) is 9.34. The van der Waals surface area contributed by atoms with E-state index < -0.39 is 11.4 Å². The Balaban J connectivity index is 1.90. The zero-order chi connectivity index (χ0) is 25.6. The van der Waals surface area contributed by atoms with Gasteiger partial charge in [0.25, 0.3) is 0 Å². The fourth-order valence-electron chi connectivity index (χ4n) is 3.61. The molecule has 3 aromatic carbocycles. The first-order chi connectivity index (χ1) is 16.6. The van der Waals surface area contributed by atoms with Crippen molar-refractivity contribution >= 4 is 29.3 Å². The lowest BCUT2D eigenvalue weighted by Crippen LogP contribution is -2.42. The molecule has 0 spiro atoms. The molecule has 0 atom stereocenters. The normalized spacial score (nSPS) is 11.5. The second-order valence-corrected chi connectivity index (χ2v) is 9.34. The standard InChI is InChI=1S/C29H32N2O4/c1-29(2,20-32)28(35)31(26-7-5-6-21(18-26)10-17-27(33)34)19-22-8-11-23(12-9-22)24-13-15-25(16-14-24)30(3)4/h5-18,32H,19-20H2,1-4H3,(H,33,34). The molecule has 0 saturated carbocycles. The van der Waals surface area contributed by atoms with Crippen molar-refractivity contribution in [1.29, 1.82) is 0 Å². The molecule has 3 rings (SSSR count). The molecule has 182 valence electrons. The minimum absolute atomic E-state index is 0.220. The average molecular weight is 473 g/mol. The first-order valence-corrected chi connectivity index (χ1v) is 11.4. The predicted molar refractivity (Wildman–Crippen MR) is 141 cm³/mol. The lowest BCUT2D eigenvalue weighted by molar-refractivity contribution is -0.131. The van der Waals surface area contributed by atoms with Crippen molar-refractivity contribution in [3.8, 4) is 11.1 Å². The molecule has 0 aliphatic carbocycles. The summed E-state index contributed by atoms with van der Waals surface area (Å²) in [5.74, 6) is -1.26. The van der Waals surface area contributed by atoms with Crippen LogP contribution in [0.5, 0.6) is 0 Å². The number of anilines is 2. The van der Waals surface area contributed by atoms with Crippen LogP contribution < -0.4 is 9.80 Å². The first-order valence-electron chi connectivity index (χ1n) is 11.4. The van der Waals surface area contributed by atoms with Gasteiger partial charge >= 0.3 is 5.97 Å². The molecule has 6 heteroatoms. The van der Waals surface area contributed by atoms with Gasteiger partial charge in [-0.05, 0) is 66.4 Å². The van der Waals surface area contributed by atoms with Crippen molar-refractivity contribution in [2.75, 3.05) is 30.5 Å². The molecule has 0 fully saturated rings. The fourth-order valence-corrected chi connectivity index (χ4v) is 3.61. The Morgan fingerprint density at radius 1 is 0.886 bits per heavy atom. The molecule has 3 aromatic rings. The van der Waals surface area contributed by atoms with Gasteiger partial charge in [-0.15, -0.1) is 0 Å². The Kier molecular flexibility index (Phi) is 8.10. The van der Waals surface area contributed by atoms with Crippen LogP contribution >= 0.6 is 0 Å². The zero-order valence-corrected chi connectivity index (χ0v) is 20.6. The number of aliphatic carboxylic acids is 1. The van der Waals surface area contributed by atoms with Gasteiger partial charge in [-0.1, -0.05) is 48.5 Å². The molecule has 0 aliphatic rings. The number of carboxylic acid groups (broad SMARTS) is 1. The number of nitrogens with zero attached hydrogens (tertiary/aromatic N) is 2. The maximum Gasteiger partial charge on any atom is 0.328 e. The monoisotopic (exact) mass is 472 g/mol.